The molecular formula is C11H12N2O3S. The van der Waals surface area contributed by atoms with Crippen LogP contribution in [0.4, 0.5) is 5.69 Å². The van der Waals surface area contributed by atoms with Crippen molar-refractivity contribution in [3.8, 4) is 5.75 Å². The van der Waals surface area contributed by atoms with E-state index in [1.54, 1.807) is 24.3 Å². The second-order valence-electron chi connectivity index (χ2n) is 3.43. The molecule has 0 bridgehead atoms. The third kappa shape index (κ3) is 2.71. The van der Waals surface area contributed by atoms with Crippen molar-refractivity contribution < 1.29 is 14.6 Å². The SMILES string of the molecule is COC(=O)C1CSC(Nc2ccccc2O)=N1. The van der Waals surface area contributed by atoms with E-state index in [2.05, 4.69) is 15.0 Å². The van der Waals surface area contributed by atoms with Crippen LogP contribution >= 0.6 is 11.8 Å². The Morgan fingerprint density at radius 2 is 2.35 bits per heavy atom. The van der Waals surface area contributed by atoms with Crippen molar-refractivity contribution in [2.45, 2.75) is 6.04 Å². The van der Waals surface area contributed by atoms with Gasteiger partial charge in [-0.3, -0.25) is 0 Å². The van der Waals surface area contributed by atoms with Gasteiger partial charge in [0.05, 0.1) is 12.8 Å². The maximum absolute atomic E-state index is 11.3. The Labute approximate surface area is 103 Å². The van der Waals surface area contributed by atoms with Gasteiger partial charge in [0.25, 0.3) is 0 Å². The Balaban J connectivity index is 2.06. The number of methoxy groups -OCH3 is 1. The number of nitrogens with zero attached hydrogens (tertiary/aromatic N) is 1. The van der Waals surface area contributed by atoms with Gasteiger partial charge in [0.15, 0.2) is 11.2 Å². The molecule has 0 aromatic heterocycles. The second kappa shape index (κ2) is 5.09. The highest BCUT2D eigenvalue weighted by molar-refractivity contribution is 8.14. The molecule has 0 saturated carbocycles. The zero-order valence-electron chi connectivity index (χ0n) is 9.21. The highest BCUT2D eigenvalue weighted by Gasteiger charge is 2.25. The summed E-state index contributed by atoms with van der Waals surface area (Å²) in [5.74, 6) is 0.367. The molecule has 1 unspecified atom stereocenters. The number of ether oxygens (including phenoxy) is 1. The molecule has 0 spiro atoms. The van der Waals surface area contributed by atoms with Crippen LogP contribution in [0.3, 0.4) is 0 Å². The average molecular weight is 252 g/mol. The highest BCUT2D eigenvalue weighted by Crippen LogP contribution is 2.26. The molecule has 1 aromatic rings. The van der Waals surface area contributed by atoms with Crippen molar-refractivity contribution in [3.05, 3.63) is 24.3 Å². The summed E-state index contributed by atoms with van der Waals surface area (Å²) in [6.07, 6.45) is 0. The Morgan fingerprint density at radius 3 is 3.06 bits per heavy atom. The molecule has 1 atom stereocenters. The summed E-state index contributed by atoms with van der Waals surface area (Å²) in [7, 11) is 1.34. The van der Waals surface area contributed by atoms with Crippen molar-refractivity contribution in [3.63, 3.8) is 0 Å². The summed E-state index contributed by atoms with van der Waals surface area (Å²) in [6, 6.07) is 6.41. The number of aliphatic imine (C=N–C) groups is 1. The monoisotopic (exact) mass is 252 g/mol. The van der Waals surface area contributed by atoms with Gasteiger partial charge in [0.1, 0.15) is 5.75 Å². The predicted octanol–water partition coefficient (Wildman–Crippen LogP) is 1.45. The number of carbonyl (C=O) groups excluding carboxylic acids is 1. The highest BCUT2D eigenvalue weighted by atomic mass is 32.2. The molecule has 17 heavy (non-hydrogen) atoms. The molecule has 0 fully saturated rings. The van der Waals surface area contributed by atoms with Gasteiger partial charge in [-0.05, 0) is 12.1 Å². The number of nitrogens with one attached hydrogen (secondary N) is 1. The van der Waals surface area contributed by atoms with Crippen LogP contribution in [-0.2, 0) is 9.53 Å². The number of benzene rings is 1. The topological polar surface area (TPSA) is 70.9 Å². The molecule has 0 radical (unpaired) electrons. The van der Waals surface area contributed by atoms with E-state index >= 15 is 0 Å². The number of anilines is 1. The molecule has 90 valence electrons. The molecule has 2 N–H and O–H groups in total. The first-order valence-electron chi connectivity index (χ1n) is 5.04. The smallest absolute Gasteiger partial charge is 0.331 e. The van der Waals surface area contributed by atoms with Crippen molar-refractivity contribution in [1.29, 1.82) is 0 Å². The molecule has 1 aromatic carbocycles. The minimum Gasteiger partial charge on any atom is -0.506 e. The molecule has 0 saturated heterocycles. The van der Waals surface area contributed by atoms with Gasteiger partial charge >= 0.3 is 5.97 Å². The quantitative estimate of drug-likeness (QED) is 0.615. The number of thioether (sulfide) groups is 1. The number of para-hydroxylation sites is 2. The summed E-state index contributed by atoms with van der Waals surface area (Å²) >= 11 is 1.42. The van der Waals surface area contributed by atoms with Gasteiger partial charge in [-0.15, -0.1) is 0 Å². The zero-order chi connectivity index (χ0) is 12.3. The molecule has 1 heterocycles. The fraction of sp³-hybridized carbons (Fsp3) is 0.273. The lowest BCUT2D eigenvalue weighted by Gasteiger charge is -2.06. The van der Waals surface area contributed by atoms with Gasteiger partial charge in [-0.25, -0.2) is 9.79 Å². The number of esters is 1. The van der Waals surface area contributed by atoms with Crippen LogP contribution in [0, 0.1) is 0 Å². The largest absolute Gasteiger partial charge is 0.506 e. The van der Waals surface area contributed by atoms with E-state index in [1.165, 1.54) is 18.9 Å². The zero-order valence-corrected chi connectivity index (χ0v) is 10.0. The van der Waals surface area contributed by atoms with Crippen LogP contribution < -0.4 is 5.32 Å². The lowest BCUT2D eigenvalue weighted by molar-refractivity contribution is -0.141. The average Bonchev–Trinajstić information content (AvgIpc) is 2.80. The number of phenols is 1. The molecule has 5 nitrogen and oxygen atoms in total. The van der Waals surface area contributed by atoms with Crippen molar-refractivity contribution in [1.82, 2.24) is 0 Å². The fourth-order valence-electron chi connectivity index (χ4n) is 1.39. The predicted molar refractivity (Wildman–Crippen MR) is 67.4 cm³/mol. The lowest BCUT2D eigenvalue weighted by atomic mass is 10.3. The van der Waals surface area contributed by atoms with Gasteiger partial charge in [0, 0.05) is 5.75 Å². The maximum Gasteiger partial charge on any atom is 0.331 e. The molecule has 6 heteroatoms. The molecule has 0 amide bonds. The number of hydrogen-bond acceptors (Lipinski definition) is 6. The second-order valence-corrected chi connectivity index (χ2v) is 4.44. The molecule has 1 aliphatic rings. The van der Waals surface area contributed by atoms with Gasteiger partial charge in [-0.1, -0.05) is 23.9 Å². The number of carbonyl (C=O) groups is 1. The maximum atomic E-state index is 11.3. The first kappa shape index (κ1) is 11.8. The van der Waals surface area contributed by atoms with Crippen molar-refractivity contribution in [2.24, 2.45) is 4.99 Å². The molecule has 2 rings (SSSR count). The number of hydrogen-bond donors (Lipinski definition) is 2. The Kier molecular flexibility index (Phi) is 3.53. The summed E-state index contributed by atoms with van der Waals surface area (Å²) < 4.78 is 4.62. The van der Waals surface area contributed by atoms with Crippen LogP contribution in [0.15, 0.2) is 29.3 Å². The van der Waals surface area contributed by atoms with E-state index in [0.717, 1.165) is 0 Å². The van der Waals surface area contributed by atoms with E-state index in [9.17, 15) is 9.90 Å². The van der Waals surface area contributed by atoms with Crippen molar-refractivity contribution in [2.75, 3.05) is 18.2 Å². The third-order valence-electron chi connectivity index (χ3n) is 2.27. The number of phenolic OH excluding ortho intramolecular Hbond substituents is 1. The molecular weight excluding hydrogens is 240 g/mol. The molecule has 0 aliphatic carbocycles. The van der Waals surface area contributed by atoms with Crippen molar-refractivity contribution >= 4 is 28.6 Å². The standard InChI is InChI=1S/C11H12N2O3S/c1-16-10(15)8-6-17-11(13-8)12-7-4-2-3-5-9(7)14/h2-5,8,14H,6H2,1H3,(H,12,13). The first-order valence-corrected chi connectivity index (χ1v) is 6.02. The van der Waals surface area contributed by atoms with Crippen LogP contribution in [0.25, 0.3) is 0 Å². The summed E-state index contributed by atoms with van der Waals surface area (Å²) in [5, 5.41) is 13.2. The van der Waals surface area contributed by atoms with Gasteiger partial charge in [-0.2, -0.15) is 0 Å². The summed E-state index contributed by atoms with van der Waals surface area (Å²) in [6.45, 7) is 0. The number of aromatic hydroxyl groups is 1. The Hall–Kier alpha value is -1.69. The minimum atomic E-state index is -0.460. The van der Waals surface area contributed by atoms with Crippen LogP contribution in [-0.4, -0.2) is 35.1 Å². The minimum absolute atomic E-state index is 0.150. The number of rotatable bonds is 2. The van der Waals surface area contributed by atoms with E-state index in [0.29, 0.717) is 16.6 Å². The summed E-state index contributed by atoms with van der Waals surface area (Å²) in [4.78, 5) is 15.4. The van der Waals surface area contributed by atoms with Crippen LogP contribution in [0.5, 0.6) is 5.75 Å². The van der Waals surface area contributed by atoms with E-state index in [1.807, 2.05) is 0 Å². The van der Waals surface area contributed by atoms with E-state index in [4.69, 9.17) is 0 Å². The van der Waals surface area contributed by atoms with Gasteiger partial charge in [0.2, 0.25) is 0 Å². The van der Waals surface area contributed by atoms with E-state index in [-0.39, 0.29) is 11.7 Å². The van der Waals surface area contributed by atoms with Gasteiger partial charge < -0.3 is 15.2 Å². The van der Waals surface area contributed by atoms with Crippen LogP contribution in [0.1, 0.15) is 0 Å². The third-order valence-corrected chi connectivity index (χ3v) is 3.23. The molecule has 1 aliphatic heterocycles. The lowest BCUT2D eigenvalue weighted by Crippen LogP contribution is -2.19. The van der Waals surface area contributed by atoms with Crippen LogP contribution in [0.2, 0.25) is 0 Å². The summed E-state index contributed by atoms with van der Waals surface area (Å²) in [5.41, 5.74) is 0.573. The fourth-order valence-corrected chi connectivity index (χ4v) is 2.30. The Morgan fingerprint density at radius 1 is 1.59 bits per heavy atom. The Bertz CT molecular complexity index is 462. The normalized spacial score (nSPS) is 18.6. The van der Waals surface area contributed by atoms with E-state index < -0.39 is 6.04 Å². The first-order chi connectivity index (χ1) is 8.20. The number of amidine groups is 1.